The molecule has 0 spiro atoms. The summed E-state index contributed by atoms with van der Waals surface area (Å²) in [6.07, 6.45) is 3.72. The van der Waals surface area contributed by atoms with Crippen molar-refractivity contribution in [2.75, 3.05) is 6.61 Å². The van der Waals surface area contributed by atoms with E-state index in [0.717, 1.165) is 36.8 Å². The molecule has 148 valence electrons. The van der Waals surface area contributed by atoms with Crippen LogP contribution in [0.5, 0.6) is 0 Å². The van der Waals surface area contributed by atoms with Crippen molar-refractivity contribution in [1.82, 2.24) is 0 Å². The molecule has 5 heteroatoms. The van der Waals surface area contributed by atoms with Crippen LogP contribution in [0.3, 0.4) is 0 Å². The molecule has 1 saturated heterocycles. The van der Waals surface area contributed by atoms with Crippen LogP contribution in [0, 0.1) is 0 Å². The van der Waals surface area contributed by atoms with Crippen LogP contribution in [-0.2, 0) is 32.0 Å². The lowest BCUT2D eigenvalue weighted by molar-refractivity contribution is -0.144. The Morgan fingerprint density at radius 2 is 1.71 bits per heavy atom. The highest BCUT2D eigenvalue weighted by molar-refractivity contribution is 5.89. The molecule has 0 amide bonds. The SMILES string of the molecule is CC(=O)OC[C@@H]1CC[C@H](CCc2cccc(C(=O)OCc3ccccc3)c2)O1. The van der Waals surface area contributed by atoms with Crippen molar-refractivity contribution in [2.45, 2.75) is 51.4 Å². The Kier molecular flexibility index (Phi) is 7.20. The predicted molar refractivity (Wildman–Crippen MR) is 105 cm³/mol. The van der Waals surface area contributed by atoms with Crippen molar-refractivity contribution in [3.8, 4) is 0 Å². The van der Waals surface area contributed by atoms with Crippen molar-refractivity contribution in [1.29, 1.82) is 0 Å². The Hall–Kier alpha value is -2.66. The first-order chi connectivity index (χ1) is 13.6. The zero-order chi connectivity index (χ0) is 19.8. The maximum Gasteiger partial charge on any atom is 0.338 e. The number of benzene rings is 2. The first-order valence-electron chi connectivity index (χ1n) is 9.69. The fraction of sp³-hybridized carbons (Fsp3) is 0.391. The summed E-state index contributed by atoms with van der Waals surface area (Å²) in [5.41, 5.74) is 2.61. The lowest BCUT2D eigenvalue weighted by Gasteiger charge is -2.14. The van der Waals surface area contributed by atoms with Gasteiger partial charge in [-0.1, -0.05) is 42.5 Å². The molecular weight excluding hydrogens is 356 g/mol. The molecule has 0 aromatic heterocycles. The standard InChI is InChI=1S/C23H26O5/c1-17(24)26-16-22-13-12-21(28-22)11-10-18-8-5-9-20(14-18)23(25)27-15-19-6-3-2-4-7-19/h2-9,14,21-22H,10-13,15-16H2,1H3/t21-,22-/m0/s1. The maximum atomic E-state index is 12.3. The Bertz CT molecular complexity index is 787. The van der Waals surface area contributed by atoms with Crippen molar-refractivity contribution in [3.63, 3.8) is 0 Å². The minimum absolute atomic E-state index is 0.00630. The van der Waals surface area contributed by atoms with E-state index >= 15 is 0 Å². The van der Waals surface area contributed by atoms with E-state index in [1.54, 1.807) is 6.07 Å². The van der Waals surface area contributed by atoms with Gasteiger partial charge < -0.3 is 14.2 Å². The first kappa shape index (κ1) is 20.1. The van der Waals surface area contributed by atoms with Gasteiger partial charge in [-0.3, -0.25) is 4.79 Å². The van der Waals surface area contributed by atoms with Gasteiger partial charge in [-0.2, -0.15) is 0 Å². The van der Waals surface area contributed by atoms with Crippen LogP contribution in [0.4, 0.5) is 0 Å². The summed E-state index contributed by atoms with van der Waals surface area (Å²) < 4.78 is 16.4. The Morgan fingerprint density at radius 3 is 2.50 bits per heavy atom. The monoisotopic (exact) mass is 382 g/mol. The molecule has 0 aliphatic carbocycles. The van der Waals surface area contributed by atoms with Crippen LogP contribution in [0.15, 0.2) is 54.6 Å². The second-order valence-electron chi connectivity index (χ2n) is 7.06. The van der Waals surface area contributed by atoms with E-state index in [0.29, 0.717) is 12.2 Å². The smallest absolute Gasteiger partial charge is 0.338 e. The molecule has 1 aliphatic heterocycles. The summed E-state index contributed by atoms with van der Waals surface area (Å²) in [6, 6.07) is 17.2. The zero-order valence-electron chi connectivity index (χ0n) is 16.1. The van der Waals surface area contributed by atoms with Gasteiger partial charge in [0.05, 0.1) is 17.8 Å². The second-order valence-corrected chi connectivity index (χ2v) is 7.06. The molecule has 0 bridgehead atoms. The molecule has 5 nitrogen and oxygen atoms in total. The number of esters is 2. The van der Waals surface area contributed by atoms with Gasteiger partial charge in [0, 0.05) is 6.92 Å². The van der Waals surface area contributed by atoms with Gasteiger partial charge in [-0.15, -0.1) is 0 Å². The molecule has 3 rings (SSSR count). The average Bonchev–Trinajstić information content (AvgIpc) is 3.18. The van der Waals surface area contributed by atoms with E-state index in [2.05, 4.69) is 0 Å². The van der Waals surface area contributed by atoms with E-state index < -0.39 is 0 Å². The van der Waals surface area contributed by atoms with Gasteiger partial charge in [0.2, 0.25) is 0 Å². The van der Waals surface area contributed by atoms with E-state index in [-0.39, 0.29) is 30.8 Å². The van der Waals surface area contributed by atoms with Gasteiger partial charge in [-0.25, -0.2) is 4.79 Å². The fourth-order valence-electron chi connectivity index (χ4n) is 3.31. The van der Waals surface area contributed by atoms with Crippen LogP contribution < -0.4 is 0 Å². The third-order valence-electron chi connectivity index (χ3n) is 4.80. The fourth-order valence-corrected chi connectivity index (χ4v) is 3.31. The highest BCUT2D eigenvalue weighted by Gasteiger charge is 2.25. The topological polar surface area (TPSA) is 61.8 Å². The molecule has 1 aliphatic rings. The van der Waals surface area contributed by atoms with Crippen molar-refractivity contribution >= 4 is 11.9 Å². The lowest BCUT2D eigenvalue weighted by Crippen LogP contribution is -2.18. The largest absolute Gasteiger partial charge is 0.463 e. The molecule has 28 heavy (non-hydrogen) atoms. The molecule has 1 fully saturated rings. The number of hydrogen-bond donors (Lipinski definition) is 0. The van der Waals surface area contributed by atoms with E-state index in [9.17, 15) is 9.59 Å². The normalized spacial score (nSPS) is 18.6. The van der Waals surface area contributed by atoms with Gasteiger partial charge >= 0.3 is 11.9 Å². The van der Waals surface area contributed by atoms with Crippen molar-refractivity contribution in [2.24, 2.45) is 0 Å². The molecule has 0 saturated carbocycles. The Morgan fingerprint density at radius 1 is 0.964 bits per heavy atom. The van der Waals surface area contributed by atoms with Crippen LogP contribution in [0.1, 0.15) is 47.7 Å². The molecule has 2 aromatic carbocycles. The van der Waals surface area contributed by atoms with Gasteiger partial charge in [0.25, 0.3) is 0 Å². The highest BCUT2D eigenvalue weighted by Crippen LogP contribution is 2.24. The molecule has 2 atom stereocenters. The average molecular weight is 382 g/mol. The van der Waals surface area contributed by atoms with Crippen molar-refractivity contribution in [3.05, 3.63) is 71.3 Å². The number of carbonyl (C=O) groups is 2. The zero-order valence-corrected chi connectivity index (χ0v) is 16.1. The minimum atomic E-state index is -0.315. The molecule has 0 radical (unpaired) electrons. The van der Waals surface area contributed by atoms with Crippen LogP contribution in [0.2, 0.25) is 0 Å². The highest BCUT2D eigenvalue weighted by atomic mass is 16.6. The molecule has 0 unspecified atom stereocenters. The van der Waals surface area contributed by atoms with E-state index in [4.69, 9.17) is 14.2 Å². The maximum absolute atomic E-state index is 12.3. The van der Waals surface area contributed by atoms with Gasteiger partial charge in [0.15, 0.2) is 0 Å². The summed E-state index contributed by atoms with van der Waals surface area (Å²) in [6.45, 7) is 2.00. The Labute approximate surface area is 165 Å². The third-order valence-corrected chi connectivity index (χ3v) is 4.80. The predicted octanol–water partition coefficient (Wildman–Crippen LogP) is 4.09. The number of carbonyl (C=O) groups excluding carboxylic acids is 2. The van der Waals surface area contributed by atoms with Crippen molar-refractivity contribution < 1.29 is 23.8 Å². The molecular formula is C23H26O5. The lowest BCUT2D eigenvalue weighted by atomic mass is 10.0. The summed E-state index contributed by atoms with van der Waals surface area (Å²) in [7, 11) is 0. The quantitative estimate of drug-likeness (QED) is 0.644. The summed E-state index contributed by atoms with van der Waals surface area (Å²) in [4.78, 5) is 23.2. The van der Waals surface area contributed by atoms with Crippen LogP contribution in [-0.4, -0.2) is 30.8 Å². The molecule has 1 heterocycles. The minimum Gasteiger partial charge on any atom is -0.463 e. The van der Waals surface area contributed by atoms with Gasteiger partial charge in [-0.05, 0) is 48.9 Å². The molecule has 0 N–H and O–H groups in total. The Balaban J connectivity index is 1.45. The number of aryl methyl sites for hydroxylation is 1. The number of hydrogen-bond acceptors (Lipinski definition) is 5. The number of rotatable bonds is 8. The first-order valence-corrected chi connectivity index (χ1v) is 9.69. The molecule has 2 aromatic rings. The van der Waals surface area contributed by atoms with Crippen LogP contribution >= 0.6 is 0 Å². The van der Waals surface area contributed by atoms with E-state index in [1.807, 2.05) is 48.5 Å². The van der Waals surface area contributed by atoms with Crippen LogP contribution in [0.25, 0.3) is 0 Å². The summed E-state index contributed by atoms with van der Waals surface area (Å²) >= 11 is 0. The van der Waals surface area contributed by atoms with Gasteiger partial charge in [0.1, 0.15) is 13.2 Å². The third kappa shape index (κ3) is 6.20. The summed E-state index contributed by atoms with van der Waals surface area (Å²) in [5, 5.41) is 0. The van der Waals surface area contributed by atoms with E-state index in [1.165, 1.54) is 6.92 Å². The summed E-state index contributed by atoms with van der Waals surface area (Å²) in [5.74, 6) is -0.590. The second kappa shape index (κ2) is 10.0. The number of ether oxygens (including phenoxy) is 3.